The lowest BCUT2D eigenvalue weighted by atomic mass is 9.70. The molecule has 28 heavy (non-hydrogen) atoms. The summed E-state index contributed by atoms with van der Waals surface area (Å²) >= 11 is 0. The van der Waals surface area contributed by atoms with Crippen molar-refractivity contribution in [3.05, 3.63) is 46.7 Å². The van der Waals surface area contributed by atoms with Crippen LogP contribution in [0.15, 0.2) is 30.0 Å². The van der Waals surface area contributed by atoms with Gasteiger partial charge >= 0.3 is 6.09 Å². The Hall–Kier alpha value is -2.52. The number of carboxylic acid groups (broad SMARTS) is 1. The fourth-order valence-corrected chi connectivity index (χ4v) is 4.99. The molecule has 3 atom stereocenters. The zero-order chi connectivity index (χ0) is 21.0. The quantitative estimate of drug-likeness (QED) is 0.288. The topological polar surface area (TPSA) is 77.8 Å². The number of rotatable bonds is 0. The van der Waals surface area contributed by atoms with E-state index in [0.717, 1.165) is 27.9 Å². The van der Waals surface area contributed by atoms with E-state index in [0.29, 0.717) is 0 Å². The minimum atomic E-state index is -1.60. The number of nitrogens with zero attached hydrogens (tertiary/aromatic N) is 1. The summed E-state index contributed by atoms with van der Waals surface area (Å²) in [5.41, 5.74) is 6.03. The lowest BCUT2D eigenvalue weighted by Crippen LogP contribution is -2.33. The minimum Gasteiger partial charge on any atom is -0.515 e. The summed E-state index contributed by atoms with van der Waals surface area (Å²) in [4.78, 5) is 25.5. The molecule has 2 amide bonds. The Labute approximate surface area is 167 Å². The fourth-order valence-electron chi connectivity index (χ4n) is 4.48. The molecule has 148 valence electrons. The van der Waals surface area contributed by atoms with Crippen LogP contribution in [0.25, 0.3) is 0 Å². The van der Waals surface area contributed by atoms with Crippen LogP contribution in [0.3, 0.4) is 0 Å². The SMILES string of the molecule is CC(C)(C)C1c2c(C#C[Si](C)(C)C)cccc2C2C1C(=CO)C(=O)N2C(=O)O. The minimum absolute atomic E-state index is 0.133. The average Bonchev–Trinajstić information content (AvgIpc) is 3.02. The molecular weight excluding hydrogens is 370 g/mol. The van der Waals surface area contributed by atoms with Crippen LogP contribution in [0.1, 0.15) is 49.4 Å². The van der Waals surface area contributed by atoms with Crippen molar-refractivity contribution in [1.82, 2.24) is 4.90 Å². The molecule has 1 aromatic carbocycles. The summed E-state index contributed by atoms with van der Waals surface area (Å²) in [6.45, 7) is 12.8. The number of hydrogen-bond donors (Lipinski definition) is 2. The van der Waals surface area contributed by atoms with Crippen LogP contribution in [-0.2, 0) is 4.79 Å². The molecular formula is C22H27NO4Si. The van der Waals surface area contributed by atoms with Gasteiger partial charge in [-0.1, -0.05) is 58.5 Å². The maximum atomic E-state index is 12.7. The highest BCUT2D eigenvalue weighted by Gasteiger charge is 2.59. The van der Waals surface area contributed by atoms with Crippen molar-refractivity contribution in [3.8, 4) is 11.5 Å². The van der Waals surface area contributed by atoms with Gasteiger partial charge in [0.1, 0.15) is 8.07 Å². The van der Waals surface area contributed by atoms with Crippen LogP contribution in [-0.4, -0.2) is 35.2 Å². The highest BCUT2D eigenvalue weighted by molar-refractivity contribution is 6.83. The first kappa shape index (κ1) is 20.2. The predicted molar refractivity (Wildman–Crippen MR) is 111 cm³/mol. The van der Waals surface area contributed by atoms with Crippen molar-refractivity contribution >= 4 is 20.1 Å². The summed E-state index contributed by atoms with van der Waals surface area (Å²) in [5.74, 6) is 2.16. The van der Waals surface area contributed by atoms with Crippen LogP contribution in [0, 0.1) is 22.8 Å². The maximum Gasteiger partial charge on any atom is 0.414 e. The van der Waals surface area contributed by atoms with Gasteiger partial charge in [-0.15, -0.1) is 5.54 Å². The zero-order valence-corrected chi connectivity index (χ0v) is 18.2. The lowest BCUT2D eigenvalue weighted by molar-refractivity contribution is -0.124. The molecule has 1 fully saturated rings. The molecule has 0 spiro atoms. The number of aliphatic hydroxyl groups excluding tert-OH is 1. The smallest absolute Gasteiger partial charge is 0.414 e. The van der Waals surface area contributed by atoms with Crippen LogP contribution in [0.4, 0.5) is 4.79 Å². The van der Waals surface area contributed by atoms with E-state index in [9.17, 15) is 19.8 Å². The molecule has 2 N–H and O–H groups in total. The molecule has 6 heteroatoms. The second kappa shape index (κ2) is 6.52. The van der Waals surface area contributed by atoms with Crippen molar-refractivity contribution < 1.29 is 19.8 Å². The van der Waals surface area contributed by atoms with Crippen LogP contribution in [0.5, 0.6) is 0 Å². The van der Waals surface area contributed by atoms with E-state index < -0.39 is 32.0 Å². The van der Waals surface area contributed by atoms with Crippen molar-refractivity contribution in [2.75, 3.05) is 0 Å². The van der Waals surface area contributed by atoms with E-state index in [1.165, 1.54) is 0 Å². The van der Waals surface area contributed by atoms with Gasteiger partial charge in [-0.3, -0.25) is 4.79 Å². The van der Waals surface area contributed by atoms with E-state index in [-0.39, 0.29) is 16.9 Å². The van der Waals surface area contributed by atoms with Crippen molar-refractivity contribution in [2.45, 2.75) is 52.4 Å². The molecule has 1 saturated heterocycles. The lowest BCUT2D eigenvalue weighted by Gasteiger charge is -2.33. The number of benzene rings is 1. The van der Waals surface area contributed by atoms with Crippen LogP contribution in [0.2, 0.25) is 19.6 Å². The number of carbonyl (C=O) groups excluding carboxylic acids is 1. The molecule has 0 bridgehead atoms. The second-order valence-electron chi connectivity index (χ2n) is 9.66. The van der Waals surface area contributed by atoms with Crippen LogP contribution < -0.4 is 0 Å². The van der Waals surface area contributed by atoms with Gasteiger partial charge < -0.3 is 10.2 Å². The van der Waals surface area contributed by atoms with Gasteiger partial charge in [0, 0.05) is 11.5 Å². The third-order valence-corrected chi connectivity index (χ3v) is 6.30. The van der Waals surface area contributed by atoms with Gasteiger partial charge in [-0.2, -0.15) is 0 Å². The van der Waals surface area contributed by atoms with Gasteiger partial charge in [0.05, 0.1) is 17.9 Å². The third-order valence-electron chi connectivity index (χ3n) is 5.42. The Kier molecular flexibility index (Phi) is 4.71. The van der Waals surface area contributed by atoms with Crippen molar-refractivity contribution in [3.63, 3.8) is 0 Å². The molecule has 1 heterocycles. The molecule has 0 radical (unpaired) electrons. The van der Waals surface area contributed by atoms with Gasteiger partial charge in [0.15, 0.2) is 0 Å². The number of imide groups is 1. The van der Waals surface area contributed by atoms with Gasteiger partial charge in [-0.25, -0.2) is 9.69 Å². The number of amides is 2. The number of hydrogen-bond acceptors (Lipinski definition) is 3. The molecule has 1 aliphatic heterocycles. The van der Waals surface area contributed by atoms with E-state index in [2.05, 4.69) is 51.9 Å². The molecule has 2 aliphatic rings. The number of likely N-dealkylation sites (tertiary alicyclic amines) is 1. The summed E-state index contributed by atoms with van der Waals surface area (Å²) in [6, 6.07) is 5.11. The van der Waals surface area contributed by atoms with Gasteiger partial charge in [-0.05, 0) is 28.5 Å². The first-order chi connectivity index (χ1) is 12.9. The van der Waals surface area contributed by atoms with Gasteiger partial charge in [0.25, 0.3) is 5.91 Å². The van der Waals surface area contributed by atoms with Crippen molar-refractivity contribution in [1.29, 1.82) is 0 Å². The Balaban J connectivity index is 2.31. The molecule has 5 nitrogen and oxygen atoms in total. The number of carbonyl (C=O) groups is 2. The Morgan fingerprint density at radius 3 is 2.39 bits per heavy atom. The largest absolute Gasteiger partial charge is 0.515 e. The summed E-state index contributed by atoms with van der Waals surface area (Å²) in [6.07, 6.45) is -0.503. The van der Waals surface area contributed by atoms with Gasteiger partial charge in [0.2, 0.25) is 0 Å². The molecule has 0 aromatic heterocycles. The van der Waals surface area contributed by atoms with E-state index >= 15 is 0 Å². The average molecular weight is 398 g/mol. The van der Waals surface area contributed by atoms with E-state index in [1.807, 2.05) is 18.2 Å². The summed E-state index contributed by atoms with van der Waals surface area (Å²) in [7, 11) is -1.60. The molecule has 0 saturated carbocycles. The monoisotopic (exact) mass is 397 g/mol. The van der Waals surface area contributed by atoms with Crippen LogP contribution >= 0.6 is 0 Å². The van der Waals surface area contributed by atoms with E-state index in [4.69, 9.17) is 0 Å². The number of fused-ring (bicyclic) bond motifs is 3. The second-order valence-corrected chi connectivity index (χ2v) is 14.4. The standard InChI is InChI=1S/C22H27NO4Si/c1-22(2,3)18-16-13(10-11-28(4,5)6)8-7-9-14(16)19-17(18)15(12-24)20(25)23(19)21(26)27/h7-9,12,17-19,24H,1-6H3,(H,26,27). The van der Waals surface area contributed by atoms with E-state index in [1.54, 1.807) is 0 Å². The molecule has 1 aromatic rings. The first-order valence-electron chi connectivity index (χ1n) is 9.45. The highest BCUT2D eigenvalue weighted by atomic mass is 28.3. The molecule has 3 unspecified atom stereocenters. The fraction of sp³-hybridized carbons (Fsp3) is 0.455. The molecule has 3 rings (SSSR count). The Morgan fingerprint density at radius 2 is 1.89 bits per heavy atom. The molecule has 1 aliphatic carbocycles. The maximum absolute atomic E-state index is 12.7. The Bertz CT molecular complexity index is 940. The highest BCUT2D eigenvalue weighted by Crippen LogP contribution is 2.61. The third kappa shape index (κ3) is 3.14. The predicted octanol–water partition coefficient (Wildman–Crippen LogP) is 4.68. The normalized spacial score (nSPS) is 25.4. The number of aliphatic hydroxyl groups is 1. The van der Waals surface area contributed by atoms with Crippen molar-refractivity contribution in [2.24, 2.45) is 11.3 Å². The zero-order valence-electron chi connectivity index (χ0n) is 17.2. The first-order valence-corrected chi connectivity index (χ1v) is 12.9. The summed E-state index contributed by atoms with van der Waals surface area (Å²) in [5, 5.41) is 19.5. The Morgan fingerprint density at radius 1 is 1.25 bits per heavy atom. The summed E-state index contributed by atoms with van der Waals surface area (Å²) < 4.78 is 0.